The van der Waals surface area contributed by atoms with Gasteiger partial charge >= 0.3 is 5.97 Å². The summed E-state index contributed by atoms with van der Waals surface area (Å²) in [6.07, 6.45) is 2.02. The lowest BCUT2D eigenvalue weighted by atomic mass is 10.1. The van der Waals surface area contributed by atoms with Gasteiger partial charge in [0.05, 0.1) is 5.56 Å². The molecule has 3 rings (SSSR count). The van der Waals surface area contributed by atoms with E-state index < -0.39 is 5.97 Å². The van der Waals surface area contributed by atoms with Crippen molar-refractivity contribution in [2.45, 2.75) is 59.7 Å². The summed E-state index contributed by atoms with van der Waals surface area (Å²) in [4.78, 5) is 12.0. The van der Waals surface area contributed by atoms with Crippen molar-refractivity contribution in [2.75, 3.05) is 0 Å². The van der Waals surface area contributed by atoms with E-state index in [1.807, 2.05) is 19.9 Å². The smallest absolute Gasteiger partial charge is 0.337 e. The number of nitrogens with zero attached hydrogens (tertiary/aromatic N) is 1. The highest BCUT2D eigenvalue weighted by Crippen LogP contribution is 2.24. The van der Waals surface area contributed by atoms with Gasteiger partial charge in [-0.3, -0.25) is 0 Å². The maximum atomic E-state index is 12.0. The van der Waals surface area contributed by atoms with Gasteiger partial charge in [0.25, 0.3) is 0 Å². The molecule has 158 valence electrons. The van der Waals surface area contributed by atoms with E-state index in [1.165, 1.54) is 16.7 Å². The van der Waals surface area contributed by atoms with Crippen LogP contribution < -0.4 is 5.32 Å². The Morgan fingerprint density at radius 3 is 2.27 bits per heavy atom. The number of carboxylic acids is 1. The zero-order valence-corrected chi connectivity index (χ0v) is 18.4. The lowest BCUT2D eigenvalue weighted by Gasteiger charge is -2.15. The second-order valence-corrected chi connectivity index (χ2v) is 8.21. The van der Waals surface area contributed by atoms with Crippen LogP contribution >= 0.6 is 0 Å². The monoisotopic (exact) mass is 404 g/mol. The van der Waals surface area contributed by atoms with Crippen LogP contribution in [0.1, 0.15) is 57.3 Å². The molecule has 0 aliphatic carbocycles. The predicted octanol–water partition coefficient (Wildman–Crippen LogP) is 5.27. The van der Waals surface area contributed by atoms with Crippen molar-refractivity contribution in [1.29, 1.82) is 0 Å². The van der Waals surface area contributed by atoms with Crippen LogP contribution in [0.25, 0.3) is 0 Å². The molecular weight excluding hydrogens is 372 g/mol. The van der Waals surface area contributed by atoms with Gasteiger partial charge in [0.15, 0.2) is 0 Å². The van der Waals surface area contributed by atoms with Crippen LogP contribution in [0.5, 0.6) is 0 Å². The van der Waals surface area contributed by atoms with Crippen molar-refractivity contribution in [3.8, 4) is 0 Å². The minimum atomic E-state index is -0.855. The summed E-state index contributed by atoms with van der Waals surface area (Å²) in [6.45, 7) is 9.41. The first kappa shape index (κ1) is 21.8. The molecule has 4 nitrogen and oxygen atoms in total. The summed E-state index contributed by atoms with van der Waals surface area (Å²) in [5, 5.41) is 13.4. The van der Waals surface area contributed by atoms with E-state index in [1.54, 1.807) is 0 Å². The summed E-state index contributed by atoms with van der Waals surface area (Å²) in [5.41, 5.74) is 6.88. The quantitative estimate of drug-likeness (QED) is 0.511. The Labute approximate surface area is 179 Å². The van der Waals surface area contributed by atoms with E-state index in [0.717, 1.165) is 29.8 Å². The van der Waals surface area contributed by atoms with E-state index in [0.29, 0.717) is 24.7 Å². The summed E-state index contributed by atoms with van der Waals surface area (Å²) in [7, 11) is 0. The maximum Gasteiger partial charge on any atom is 0.337 e. The zero-order chi connectivity index (χ0) is 21.7. The highest BCUT2D eigenvalue weighted by Gasteiger charge is 2.22. The molecule has 0 radical (unpaired) electrons. The molecule has 0 spiro atoms. The zero-order valence-electron chi connectivity index (χ0n) is 18.4. The molecule has 0 amide bonds. The number of hydrogen-bond donors (Lipinski definition) is 2. The van der Waals surface area contributed by atoms with Gasteiger partial charge in [-0.25, -0.2) is 4.79 Å². The molecule has 1 heterocycles. The molecule has 4 heteroatoms. The number of aromatic nitrogens is 1. The summed E-state index contributed by atoms with van der Waals surface area (Å²) < 4.78 is 2.12. The van der Waals surface area contributed by atoms with Crippen molar-refractivity contribution in [3.05, 3.63) is 93.8 Å². The lowest BCUT2D eigenvalue weighted by molar-refractivity contribution is 0.0694. The Kier molecular flexibility index (Phi) is 7.11. The molecular formula is C26H32N2O2. The van der Waals surface area contributed by atoms with Crippen LogP contribution in [0.15, 0.2) is 54.6 Å². The Morgan fingerprint density at radius 2 is 1.63 bits per heavy atom. The lowest BCUT2D eigenvalue weighted by Crippen LogP contribution is -2.27. The Hall–Kier alpha value is -2.85. The number of hydrogen-bond acceptors (Lipinski definition) is 2. The molecule has 1 atom stereocenters. The van der Waals surface area contributed by atoms with Crippen LogP contribution in [0.4, 0.5) is 0 Å². The average Bonchev–Trinajstić information content (AvgIpc) is 2.97. The van der Waals surface area contributed by atoms with E-state index in [9.17, 15) is 9.90 Å². The van der Waals surface area contributed by atoms with E-state index in [-0.39, 0.29) is 0 Å². The topological polar surface area (TPSA) is 54.3 Å². The molecule has 0 saturated carbocycles. The third-order valence-corrected chi connectivity index (χ3v) is 5.92. The molecule has 2 N–H and O–H groups in total. The molecule has 0 bridgehead atoms. The molecule has 0 saturated heterocycles. The summed E-state index contributed by atoms with van der Waals surface area (Å²) in [6, 6.07) is 19.2. The largest absolute Gasteiger partial charge is 0.478 e. The first-order valence-electron chi connectivity index (χ1n) is 10.6. The summed E-state index contributed by atoms with van der Waals surface area (Å²) in [5.74, 6) is -0.855. The first-order chi connectivity index (χ1) is 14.4. The number of carboxylic acid groups (broad SMARTS) is 1. The van der Waals surface area contributed by atoms with Crippen LogP contribution in [0.2, 0.25) is 0 Å². The molecule has 0 aliphatic heterocycles. The number of aryl methyl sites for hydroxylation is 2. The molecule has 0 fully saturated rings. The second-order valence-electron chi connectivity index (χ2n) is 8.21. The minimum absolute atomic E-state index is 0.298. The summed E-state index contributed by atoms with van der Waals surface area (Å²) >= 11 is 0. The van der Waals surface area contributed by atoms with Crippen molar-refractivity contribution >= 4 is 5.97 Å². The number of aromatic carboxylic acids is 1. The second kappa shape index (κ2) is 9.77. The van der Waals surface area contributed by atoms with E-state index in [2.05, 4.69) is 72.3 Å². The van der Waals surface area contributed by atoms with Gasteiger partial charge in [0.2, 0.25) is 0 Å². The van der Waals surface area contributed by atoms with Crippen molar-refractivity contribution in [1.82, 2.24) is 9.88 Å². The fourth-order valence-corrected chi connectivity index (χ4v) is 3.97. The van der Waals surface area contributed by atoms with Gasteiger partial charge in [-0.05, 0) is 51.7 Å². The van der Waals surface area contributed by atoms with Crippen LogP contribution in [0, 0.1) is 20.8 Å². The van der Waals surface area contributed by atoms with Crippen LogP contribution in [-0.2, 0) is 19.5 Å². The van der Waals surface area contributed by atoms with Crippen molar-refractivity contribution in [3.63, 3.8) is 0 Å². The third-order valence-electron chi connectivity index (χ3n) is 5.92. The van der Waals surface area contributed by atoms with Gasteiger partial charge in [-0.1, -0.05) is 60.2 Å². The Bertz CT molecular complexity index is 988. The number of carbonyl (C=O) groups is 1. The van der Waals surface area contributed by atoms with Crippen LogP contribution in [0.3, 0.4) is 0 Å². The molecule has 3 aromatic rings. The third kappa shape index (κ3) is 5.19. The van der Waals surface area contributed by atoms with Crippen molar-refractivity contribution in [2.24, 2.45) is 0 Å². The molecule has 30 heavy (non-hydrogen) atoms. The van der Waals surface area contributed by atoms with E-state index in [4.69, 9.17) is 0 Å². The minimum Gasteiger partial charge on any atom is -0.478 e. The van der Waals surface area contributed by atoms with Gasteiger partial charge in [-0.15, -0.1) is 0 Å². The van der Waals surface area contributed by atoms with E-state index >= 15 is 0 Å². The fourth-order valence-electron chi connectivity index (χ4n) is 3.97. The Morgan fingerprint density at radius 1 is 0.967 bits per heavy atom. The van der Waals surface area contributed by atoms with Crippen LogP contribution in [-0.4, -0.2) is 21.7 Å². The number of rotatable bonds is 9. The highest BCUT2D eigenvalue weighted by atomic mass is 16.4. The average molecular weight is 405 g/mol. The molecule has 2 aromatic carbocycles. The van der Waals surface area contributed by atoms with Crippen molar-refractivity contribution < 1.29 is 9.90 Å². The Balaban J connectivity index is 1.73. The van der Waals surface area contributed by atoms with Gasteiger partial charge in [0, 0.05) is 36.1 Å². The van der Waals surface area contributed by atoms with Gasteiger partial charge in [-0.2, -0.15) is 0 Å². The number of nitrogens with one attached hydrogen (secondary N) is 1. The normalized spacial score (nSPS) is 12.1. The highest BCUT2D eigenvalue weighted by molar-refractivity contribution is 5.91. The standard InChI is InChI=1S/C26H32N2O2/c1-18-10-13-23(14-11-18)17-28-20(3)24(25(21(28)4)26(29)30)16-27-19(2)12-15-22-8-6-5-7-9-22/h5-11,13-14,19,27H,12,15-17H2,1-4H3,(H,29,30)/t19-/m0/s1. The molecule has 1 aromatic heterocycles. The SMILES string of the molecule is Cc1ccc(Cn2c(C)c(CN[C@@H](C)CCc3ccccc3)c(C(=O)O)c2C)cc1. The fraction of sp³-hybridized carbons (Fsp3) is 0.346. The molecule has 0 aliphatic rings. The first-order valence-corrected chi connectivity index (χ1v) is 10.6. The van der Waals surface area contributed by atoms with Gasteiger partial charge in [0.1, 0.15) is 0 Å². The number of benzene rings is 2. The molecule has 0 unspecified atom stereocenters. The maximum absolute atomic E-state index is 12.0. The van der Waals surface area contributed by atoms with Gasteiger partial charge < -0.3 is 15.0 Å². The predicted molar refractivity (Wildman–Crippen MR) is 122 cm³/mol.